The van der Waals surface area contributed by atoms with E-state index >= 15 is 0 Å². The lowest BCUT2D eigenvalue weighted by molar-refractivity contribution is -0.153. The van der Waals surface area contributed by atoms with Crippen molar-refractivity contribution in [1.82, 2.24) is 9.80 Å². The molecule has 6 nitrogen and oxygen atoms in total. The molecule has 10 heteroatoms. The van der Waals surface area contributed by atoms with E-state index in [4.69, 9.17) is 4.74 Å². The molecule has 1 heterocycles. The highest BCUT2D eigenvalue weighted by atomic mass is 35.5. The molecule has 1 aliphatic heterocycles. The normalized spacial score (nSPS) is 14.3. The van der Waals surface area contributed by atoms with Gasteiger partial charge in [-0.3, -0.25) is 9.69 Å². The van der Waals surface area contributed by atoms with E-state index in [2.05, 4.69) is 15.1 Å². The van der Waals surface area contributed by atoms with E-state index in [1.165, 1.54) is 0 Å². The van der Waals surface area contributed by atoms with E-state index in [0.717, 1.165) is 56.9 Å². The van der Waals surface area contributed by atoms with E-state index in [1.54, 1.807) is 37.2 Å². The van der Waals surface area contributed by atoms with Crippen molar-refractivity contribution in [1.29, 1.82) is 0 Å². The molecule has 0 aromatic heterocycles. The van der Waals surface area contributed by atoms with E-state index in [1.807, 2.05) is 31.2 Å². The molecule has 1 saturated heterocycles. The fraction of sp³-hybridized carbons (Fsp3) is 0.480. The number of halogens is 4. The van der Waals surface area contributed by atoms with Gasteiger partial charge in [0.25, 0.3) is 5.91 Å². The highest BCUT2D eigenvalue weighted by Gasteiger charge is 2.29. The summed E-state index contributed by atoms with van der Waals surface area (Å²) in [6.07, 6.45) is -3.45. The lowest BCUT2D eigenvalue weighted by Crippen LogP contribution is -2.47. The number of aryl methyl sites for hydroxylation is 1. The number of para-hydroxylation sites is 2. The van der Waals surface area contributed by atoms with Crippen LogP contribution in [0.15, 0.2) is 42.5 Å². The number of nitrogens with one attached hydrogen (secondary N) is 1. The first-order valence-corrected chi connectivity index (χ1v) is 11.5. The summed E-state index contributed by atoms with van der Waals surface area (Å²) >= 11 is 0. The maximum atomic E-state index is 12.6. The Bertz CT molecular complexity index is 964. The number of alkyl halides is 3. The van der Waals surface area contributed by atoms with Crippen molar-refractivity contribution in [3.05, 3.63) is 53.6 Å². The average molecular weight is 515 g/mol. The van der Waals surface area contributed by atoms with Gasteiger partial charge in [-0.25, -0.2) is 0 Å². The molecule has 3 rings (SSSR count). The SMILES string of the molecule is Cc1ccc(NCCCN2CCN(c3ccccc3OCC(F)(F)F)CC2)c(C(=O)N(C)C)c1.Cl. The Labute approximate surface area is 211 Å². The summed E-state index contributed by atoms with van der Waals surface area (Å²) in [5.41, 5.74) is 3.25. The molecular weight excluding hydrogens is 481 g/mol. The smallest absolute Gasteiger partial charge is 0.422 e. The van der Waals surface area contributed by atoms with Gasteiger partial charge in [0.05, 0.1) is 11.3 Å². The number of piperazine rings is 1. The Kier molecular flexibility index (Phi) is 10.5. The molecule has 1 amide bonds. The van der Waals surface area contributed by atoms with Gasteiger partial charge >= 0.3 is 6.18 Å². The molecular formula is C25H34ClF3N4O2. The lowest BCUT2D eigenvalue weighted by atomic mass is 10.1. The lowest BCUT2D eigenvalue weighted by Gasteiger charge is -2.36. The Balaban J connectivity index is 0.00000432. The van der Waals surface area contributed by atoms with E-state index in [9.17, 15) is 18.0 Å². The maximum absolute atomic E-state index is 12.6. The second kappa shape index (κ2) is 12.9. The molecule has 0 radical (unpaired) electrons. The van der Waals surface area contributed by atoms with Crippen molar-refractivity contribution in [2.45, 2.75) is 19.5 Å². The van der Waals surface area contributed by atoms with Gasteiger partial charge in [0.2, 0.25) is 0 Å². The van der Waals surface area contributed by atoms with Crippen LogP contribution in [0.25, 0.3) is 0 Å². The van der Waals surface area contributed by atoms with Gasteiger partial charge in [-0.2, -0.15) is 13.2 Å². The number of anilines is 2. The van der Waals surface area contributed by atoms with Gasteiger partial charge < -0.3 is 19.9 Å². The second-order valence-electron chi connectivity index (χ2n) is 8.73. The molecule has 0 atom stereocenters. The van der Waals surface area contributed by atoms with E-state index in [0.29, 0.717) is 11.3 Å². The predicted molar refractivity (Wildman–Crippen MR) is 136 cm³/mol. The minimum absolute atomic E-state index is 0. The number of hydrogen-bond acceptors (Lipinski definition) is 5. The van der Waals surface area contributed by atoms with Crippen LogP contribution in [-0.2, 0) is 0 Å². The minimum atomic E-state index is -4.36. The molecule has 0 bridgehead atoms. The molecule has 0 saturated carbocycles. The monoisotopic (exact) mass is 514 g/mol. The third-order valence-corrected chi connectivity index (χ3v) is 5.75. The van der Waals surface area contributed by atoms with Gasteiger partial charge in [0.1, 0.15) is 5.75 Å². The van der Waals surface area contributed by atoms with Crippen LogP contribution in [0.1, 0.15) is 22.3 Å². The first kappa shape index (κ1) is 28.6. The van der Waals surface area contributed by atoms with Gasteiger partial charge in [-0.05, 0) is 44.2 Å². The quantitative estimate of drug-likeness (QED) is 0.492. The molecule has 1 N–H and O–H groups in total. The van der Waals surface area contributed by atoms with Crippen LogP contribution < -0.4 is 15.0 Å². The van der Waals surface area contributed by atoms with Gasteiger partial charge in [0, 0.05) is 52.5 Å². The van der Waals surface area contributed by atoms with Crippen molar-refractivity contribution in [2.24, 2.45) is 0 Å². The van der Waals surface area contributed by atoms with E-state index in [-0.39, 0.29) is 24.1 Å². The summed E-state index contributed by atoms with van der Waals surface area (Å²) in [5, 5.41) is 3.39. The molecule has 194 valence electrons. The second-order valence-corrected chi connectivity index (χ2v) is 8.73. The molecule has 0 spiro atoms. The summed E-state index contributed by atoms with van der Waals surface area (Å²) in [6, 6.07) is 12.7. The number of ether oxygens (including phenoxy) is 1. The summed E-state index contributed by atoms with van der Waals surface area (Å²) < 4.78 is 42.7. The van der Waals surface area contributed by atoms with Crippen LogP contribution in [0.3, 0.4) is 0 Å². The summed E-state index contributed by atoms with van der Waals surface area (Å²) in [6.45, 7) is 5.40. The Morgan fingerprint density at radius 3 is 2.43 bits per heavy atom. The van der Waals surface area contributed by atoms with Gasteiger partial charge in [-0.15, -0.1) is 12.4 Å². The molecule has 1 fully saturated rings. The Morgan fingerprint density at radius 1 is 1.09 bits per heavy atom. The fourth-order valence-electron chi connectivity index (χ4n) is 3.97. The standard InChI is InChI=1S/C25H33F3N4O2.ClH/c1-19-9-10-21(20(17-19)24(33)30(2)3)29-11-6-12-31-13-15-32(16-14-31)22-7-4-5-8-23(22)34-18-25(26,27)28;/h4-5,7-10,17,29H,6,11-16,18H2,1-3H3;1H. The summed E-state index contributed by atoms with van der Waals surface area (Å²) in [7, 11) is 3.49. The van der Waals surface area contributed by atoms with Gasteiger partial charge in [-0.1, -0.05) is 23.8 Å². The zero-order valence-electron chi connectivity index (χ0n) is 20.4. The number of carbonyl (C=O) groups excluding carboxylic acids is 1. The molecule has 0 aliphatic carbocycles. The van der Waals surface area contributed by atoms with Crippen LogP contribution in [0.2, 0.25) is 0 Å². The van der Waals surface area contributed by atoms with Crippen molar-refractivity contribution in [3.63, 3.8) is 0 Å². The minimum Gasteiger partial charge on any atom is -0.482 e. The first-order chi connectivity index (χ1) is 16.1. The number of carbonyl (C=O) groups is 1. The zero-order valence-corrected chi connectivity index (χ0v) is 21.2. The summed E-state index contributed by atoms with van der Waals surface area (Å²) in [5.74, 6) is 0.237. The molecule has 2 aromatic carbocycles. The van der Waals surface area contributed by atoms with Crippen molar-refractivity contribution in [3.8, 4) is 5.75 Å². The van der Waals surface area contributed by atoms with Crippen LogP contribution >= 0.6 is 12.4 Å². The first-order valence-electron chi connectivity index (χ1n) is 11.5. The molecule has 2 aromatic rings. The highest BCUT2D eigenvalue weighted by molar-refractivity contribution is 5.99. The Morgan fingerprint density at radius 2 is 1.77 bits per heavy atom. The van der Waals surface area contributed by atoms with Crippen LogP contribution in [0.5, 0.6) is 5.75 Å². The molecule has 1 aliphatic rings. The fourth-order valence-corrected chi connectivity index (χ4v) is 3.97. The number of nitrogens with zero attached hydrogens (tertiary/aromatic N) is 3. The van der Waals surface area contributed by atoms with Crippen molar-refractivity contribution in [2.75, 3.05) is 70.2 Å². The average Bonchev–Trinajstić information content (AvgIpc) is 2.81. The summed E-state index contributed by atoms with van der Waals surface area (Å²) in [4.78, 5) is 18.5. The topological polar surface area (TPSA) is 48.1 Å². The number of rotatable bonds is 9. The Hall–Kier alpha value is -2.65. The van der Waals surface area contributed by atoms with Crippen LogP contribution in [0.4, 0.5) is 24.5 Å². The van der Waals surface area contributed by atoms with Crippen molar-refractivity contribution >= 4 is 29.7 Å². The third kappa shape index (κ3) is 8.50. The van der Waals surface area contributed by atoms with Crippen LogP contribution in [0, 0.1) is 6.92 Å². The number of amides is 1. The highest BCUT2D eigenvalue weighted by Crippen LogP contribution is 2.30. The number of benzene rings is 2. The van der Waals surface area contributed by atoms with Crippen LogP contribution in [-0.4, -0.2) is 81.9 Å². The third-order valence-electron chi connectivity index (χ3n) is 5.75. The predicted octanol–water partition coefficient (Wildman–Crippen LogP) is 4.68. The maximum Gasteiger partial charge on any atom is 0.422 e. The molecule has 0 unspecified atom stereocenters. The molecule has 35 heavy (non-hydrogen) atoms. The largest absolute Gasteiger partial charge is 0.482 e. The van der Waals surface area contributed by atoms with Crippen molar-refractivity contribution < 1.29 is 22.7 Å². The van der Waals surface area contributed by atoms with E-state index < -0.39 is 12.8 Å². The van der Waals surface area contributed by atoms with Gasteiger partial charge in [0.15, 0.2) is 6.61 Å². The number of hydrogen-bond donors (Lipinski definition) is 1. The zero-order chi connectivity index (χ0) is 24.7.